The first-order valence-corrected chi connectivity index (χ1v) is 7.91. The van der Waals surface area contributed by atoms with Gasteiger partial charge in [-0.1, -0.05) is 29.8 Å². The zero-order valence-electron chi connectivity index (χ0n) is 12.0. The summed E-state index contributed by atoms with van der Waals surface area (Å²) < 4.78 is 0. The Morgan fingerprint density at radius 1 is 1.19 bits per heavy atom. The highest BCUT2D eigenvalue weighted by Crippen LogP contribution is 2.19. The molecule has 0 unspecified atom stereocenters. The summed E-state index contributed by atoms with van der Waals surface area (Å²) in [5.41, 5.74) is 1.29. The van der Waals surface area contributed by atoms with Crippen molar-refractivity contribution in [3.05, 3.63) is 59.7 Å². The van der Waals surface area contributed by atoms with Crippen molar-refractivity contribution in [3.8, 4) is 5.75 Å². The number of hydrogen-bond donors (Lipinski definition) is 2. The van der Waals surface area contributed by atoms with E-state index in [-0.39, 0.29) is 11.7 Å². The van der Waals surface area contributed by atoms with Crippen molar-refractivity contribution in [1.29, 1.82) is 0 Å². The van der Waals surface area contributed by atoms with Crippen molar-refractivity contribution < 1.29 is 9.90 Å². The maximum absolute atomic E-state index is 12.0. The number of phenols is 1. The van der Waals surface area contributed by atoms with E-state index in [0.717, 1.165) is 17.7 Å². The Labute approximate surface area is 129 Å². The third-order valence-electron chi connectivity index (χ3n) is 3.02. The quantitative estimate of drug-likeness (QED) is 0.633. The third-order valence-corrected chi connectivity index (χ3v) is 4.11. The van der Waals surface area contributed by atoms with E-state index in [0.29, 0.717) is 12.1 Å². The second-order valence-electron chi connectivity index (χ2n) is 4.79. The molecule has 0 aliphatic rings. The number of thioether (sulfide) groups is 1. The van der Waals surface area contributed by atoms with Crippen molar-refractivity contribution >= 4 is 17.7 Å². The Hall–Kier alpha value is -1.94. The SMILES string of the molecule is Cc1ccc(O)c(C(=O)NCCCSc2ccccc2)c1. The summed E-state index contributed by atoms with van der Waals surface area (Å²) in [4.78, 5) is 13.2. The lowest BCUT2D eigenvalue weighted by Crippen LogP contribution is -2.24. The lowest BCUT2D eigenvalue weighted by molar-refractivity contribution is 0.0951. The molecule has 0 radical (unpaired) electrons. The summed E-state index contributed by atoms with van der Waals surface area (Å²) in [6, 6.07) is 15.2. The van der Waals surface area contributed by atoms with Crippen LogP contribution >= 0.6 is 11.8 Å². The fourth-order valence-corrected chi connectivity index (χ4v) is 2.78. The first-order valence-electron chi connectivity index (χ1n) is 6.92. The number of rotatable bonds is 6. The maximum atomic E-state index is 12.0. The van der Waals surface area contributed by atoms with Crippen LogP contribution in [0, 0.1) is 6.92 Å². The summed E-state index contributed by atoms with van der Waals surface area (Å²) in [6.45, 7) is 2.50. The van der Waals surface area contributed by atoms with E-state index < -0.39 is 0 Å². The summed E-state index contributed by atoms with van der Waals surface area (Å²) in [7, 11) is 0. The molecule has 2 N–H and O–H groups in total. The monoisotopic (exact) mass is 301 g/mol. The molecule has 0 saturated carbocycles. The minimum Gasteiger partial charge on any atom is -0.507 e. The lowest BCUT2D eigenvalue weighted by atomic mass is 10.1. The van der Waals surface area contributed by atoms with Crippen molar-refractivity contribution in [1.82, 2.24) is 5.32 Å². The molecule has 0 atom stereocenters. The minimum absolute atomic E-state index is 0.0248. The van der Waals surface area contributed by atoms with Crippen LogP contribution < -0.4 is 5.32 Å². The van der Waals surface area contributed by atoms with Gasteiger partial charge in [0, 0.05) is 11.4 Å². The topological polar surface area (TPSA) is 49.3 Å². The molecule has 0 aliphatic carbocycles. The minimum atomic E-state index is -0.221. The average Bonchev–Trinajstić information content (AvgIpc) is 2.50. The number of amides is 1. The predicted octanol–water partition coefficient (Wildman–Crippen LogP) is 3.61. The van der Waals surface area contributed by atoms with Crippen LogP contribution in [0.3, 0.4) is 0 Å². The van der Waals surface area contributed by atoms with Gasteiger partial charge in [0.25, 0.3) is 5.91 Å². The van der Waals surface area contributed by atoms with Crippen molar-refractivity contribution in [2.45, 2.75) is 18.2 Å². The maximum Gasteiger partial charge on any atom is 0.255 e. The summed E-state index contributed by atoms with van der Waals surface area (Å²) in [5, 5.41) is 12.5. The van der Waals surface area contributed by atoms with Gasteiger partial charge < -0.3 is 10.4 Å². The summed E-state index contributed by atoms with van der Waals surface area (Å²) in [5.74, 6) is 0.752. The van der Waals surface area contributed by atoms with Crippen LogP contribution in [0.1, 0.15) is 22.3 Å². The lowest BCUT2D eigenvalue weighted by Gasteiger charge is -2.07. The smallest absolute Gasteiger partial charge is 0.255 e. The van der Waals surface area contributed by atoms with Gasteiger partial charge in [-0.3, -0.25) is 4.79 Å². The number of nitrogens with one attached hydrogen (secondary N) is 1. The Kier molecular flexibility index (Phi) is 5.69. The highest BCUT2D eigenvalue weighted by atomic mass is 32.2. The van der Waals surface area contributed by atoms with E-state index in [9.17, 15) is 9.90 Å². The molecule has 0 fully saturated rings. The molecule has 0 heterocycles. The highest BCUT2D eigenvalue weighted by Gasteiger charge is 2.10. The fraction of sp³-hybridized carbons (Fsp3) is 0.235. The number of aryl methyl sites for hydroxylation is 1. The normalized spacial score (nSPS) is 10.3. The van der Waals surface area contributed by atoms with Crippen LogP contribution in [0.4, 0.5) is 0 Å². The van der Waals surface area contributed by atoms with Gasteiger partial charge in [-0.05, 0) is 43.4 Å². The predicted molar refractivity (Wildman–Crippen MR) is 87.0 cm³/mol. The van der Waals surface area contributed by atoms with Crippen molar-refractivity contribution in [2.24, 2.45) is 0 Å². The van der Waals surface area contributed by atoms with E-state index >= 15 is 0 Å². The number of carbonyl (C=O) groups is 1. The first kappa shape index (κ1) is 15.4. The molecule has 0 bridgehead atoms. The average molecular weight is 301 g/mol. The molecule has 2 rings (SSSR count). The van der Waals surface area contributed by atoms with Gasteiger partial charge in [-0.15, -0.1) is 11.8 Å². The summed E-state index contributed by atoms with van der Waals surface area (Å²) >= 11 is 1.77. The van der Waals surface area contributed by atoms with Crippen molar-refractivity contribution in [2.75, 3.05) is 12.3 Å². The number of phenolic OH excluding ortho intramolecular Hbond substituents is 1. The molecule has 2 aromatic rings. The zero-order valence-corrected chi connectivity index (χ0v) is 12.8. The van der Waals surface area contributed by atoms with Crippen LogP contribution in [0.2, 0.25) is 0 Å². The number of aromatic hydroxyl groups is 1. The molecule has 2 aromatic carbocycles. The van der Waals surface area contributed by atoms with Gasteiger partial charge in [0.05, 0.1) is 5.56 Å². The molecule has 1 amide bonds. The molecule has 3 nitrogen and oxygen atoms in total. The Balaban J connectivity index is 1.73. The third kappa shape index (κ3) is 4.83. The van der Waals surface area contributed by atoms with Crippen LogP contribution in [0.5, 0.6) is 5.75 Å². The van der Waals surface area contributed by atoms with Gasteiger partial charge in [0.15, 0.2) is 0 Å². The Morgan fingerprint density at radius 2 is 1.95 bits per heavy atom. The largest absolute Gasteiger partial charge is 0.507 e. The van der Waals surface area contributed by atoms with E-state index in [4.69, 9.17) is 0 Å². The van der Waals surface area contributed by atoms with Crippen LogP contribution in [0.25, 0.3) is 0 Å². The number of carbonyl (C=O) groups excluding carboxylic acids is 1. The Morgan fingerprint density at radius 3 is 2.71 bits per heavy atom. The van der Waals surface area contributed by atoms with Gasteiger partial charge >= 0.3 is 0 Å². The second-order valence-corrected chi connectivity index (χ2v) is 5.96. The van der Waals surface area contributed by atoms with Gasteiger partial charge in [-0.25, -0.2) is 0 Å². The summed E-state index contributed by atoms with van der Waals surface area (Å²) in [6.07, 6.45) is 0.887. The van der Waals surface area contributed by atoms with Crippen LogP contribution in [-0.2, 0) is 0 Å². The van der Waals surface area contributed by atoms with E-state index in [2.05, 4.69) is 17.4 Å². The van der Waals surface area contributed by atoms with Crippen LogP contribution in [0.15, 0.2) is 53.4 Å². The molecular weight excluding hydrogens is 282 g/mol. The first-order chi connectivity index (χ1) is 10.2. The number of hydrogen-bond acceptors (Lipinski definition) is 3. The Bertz CT molecular complexity index is 599. The van der Waals surface area contributed by atoms with E-state index in [1.807, 2.05) is 25.1 Å². The standard InChI is InChI=1S/C17H19NO2S/c1-13-8-9-16(19)15(12-13)17(20)18-10-5-11-21-14-6-3-2-4-7-14/h2-4,6-9,12,19H,5,10-11H2,1H3,(H,18,20). The molecule has 0 spiro atoms. The molecule has 0 aromatic heterocycles. The molecule has 4 heteroatoms. The molecule has 21 heavy (non-hydrogen) atoms. The number of benzene rings is 2. The van der Waals surface area contributed by atoms with E-state index in [1.165, 1.54) is 4.90 Å². The van der Waals surface area contributed by atoms with Crippen molar-refractivity contribution in [3.63, 3.8) is 0 Å². The van der Waals surface area contributed by atoms with Gasteiger partial charge in [0.2, 0.25) is 0 Å². The highest BCUT2D eigenvalue weighted by molar-refractivity contribution is 7.99. The van der Waals surface area contributed by atoms with Crippen LogP contribution in [-0.4, -0.2) is 23.3 Å². The van der Waals surface area contributed by atoms with Gasteiger partial charge in [0.1, 0.15) is 5.75 Å². The molecule has 0 saturated heterocycles. The molecule has 110 valence electrons. The zero-order chi connectivity index (χ0) is 15.1. The second kappa shape index (κ2) is 7.74. The van der Waals surface area contributed by atoms with Gasteiger partial charge in [-0.2, -0.15) is 0 Å². The van der Waals surface area contributed by atoms with E-state index in [1.54, 1.807) is 30.0 Å². The fourth-order valence-electron chi connectivity index (χ4n) is 1.91. The molecule has 0 aliphatic heterocycles. The molecular formula is C17H19NO2S.